The molecule has 0 aliphatic carbocycles. The molecule has 3 aromatic carbocycles. The van der Waals surface area contributed by atoms with Gasteiger partial charge in [-0.15, -0.1) is 0 Å². The minimum Gasteiger partial charge on any atom is -0.496 e. The highest BCUT2D eigenvalue weighted by atomic mass is 79.9. The van der Waals surface area contributed by atoms with Gasteiger partial charge >= 0.3 is 0 Å². The van der Waals surface area contributed by atoms with Crippen LogP contribution in [-0.4, -0.2) is 36.7 Å². The number of hydrogen-bond acceptors (Lipinski definition) is 6. The molecule has 0 saturated carbocycles. The van der Waals surface area contributed by atoms with E-state index in [1.807, 2.05) is 43.3 Å². The van der Waals surface area contributed by atoms with Crippen LogP contribution in [0, 0.1) is 6.92 Å². The summed E-state index contributed by atoms with van der Waals surface area (Å²) in [6, 6.07) is 14.9. The van der Waals surface area contributed by atoms with Gasteiger partial charge in [0, 0.05) is 5.56 Å². The Morgan fingerprint density at radius 2 is 1.84 bits per heavy atom. The van der Waals surface area contributed by atoms with Gasteiger partial charge in [0.2, 0.25) is 0 Å². The van der Waals surface area contributed by atoms with Crippen molar-refractivity contribution in [3.05, 3.63) is 92.7 Å². The predicted molar refractivity (Wildman–Crippen MR) is 156 cm³/mol. The number of halogens is 1. The third kappa shape index (κ3) is 5.36. The zero-order valence-electron chi connectivity index (χ0n) is 22.1. The number of nitrogens with zero attached hydrogens (tertiary/aromatic N) is 3. The normalized spacial score (nSPS) is 11.3. The minimum absolute atomic E-state index is 0.208. The van der Waals surface area contributed by atoms with Crippen LogP contribution in [0.3, 0.4) is 0 Å². The van der Waals surface area contributed by atoms with E-state index in [4.69, 9.17) is 19.2 Å². The maximum absolute atomic E-state index is 13.7. The number of rotatable bonds is 9. The zero-order valence-corrected chi connectivity index (χ0v) is 23.7. The van der Waals surface area contributed by atoms with Crippen molar-refractivity contribution in [3.63, 3.8) is 0 Å². The lowest BCUT2D eigenvalue weighted by Gasteiger charge is -2.17. The standard InChI is InChI=1S/C30H30BrN3O4/c1-7-12-38-28-24(31)14-20(15-27(28)37-6)17-32-34-29(33-25-11-9-8-10-21(25)30(34)35)23-16-22(18(2)3)26(36-5)13-19(23)4/h7-11,13-18H,1,12H2,2-6H3. The van der Waals surface area contributed by atoms with Crippen molar-refractivity contribution in [1.82, 2.24) is 9.66 Å². The highest BCUT2D eigenvalue weighted by Gasteiger charge is 2.18. The first-order valence-electron chi connectivity index (χ1n) is 12.1. The van der Waals surface area contributed by atoms with Gasteiger partial charge in [0.25, 0.3) is 5.56 Å². The second kappa shape index (κ2) is 11.6. The Morgan fingerprint density at radius 3 is 2.53 bits per heavy atom. The summed E-state index contributed by atoms with van der Waals surface area (Å²) < 4.78 is 18.9. The van der Waals surface area contributed by atoms with E-state index in [0.717, 1.165) is 22.4 Å². The fourth-order valence-corrected chi connectivity index (χ4v) is 4.77. The Hall–Kier alpha value is -3.91. The molecular formula is C30H30BrN3O4. The molecule has 0 atom stereocenters. The number of methoxy groups -OCH3 is 2. The molecule has 0 fully saturated rings. The van der Waals surface area contributed by atoms with Crippen LogP contribution in [0.25, 0.3) is 22.3 Å². The van der Waals surface area contributed by atoms with Gasteiger partial charge in [-0.25, -0.2) is 4.98 Å². The molecule has 0 radical (unpaired) electrons. The summed E-state index contributed by atoms with van der Waals surface area (Å²) in [5, 5.41) is 5.10. The van der Waals surface area contributed by atoms with Gasteiger partial charge in [0.05, 0.1) is 35.8 Å². The van der Waals surface area contributed by atoms with E-state index >= 15 is 0 Å². The Morgan fingerprint density at radius 1 is 1.11 bits per heavy atom. The van der Waals surface area contributed by atoms with E-state index in [2.05, 4.69) is 41.5 Å². The zero-order chi connectivity index (χ0) is 27.4. The van der Waals surface area contributed by atoms with Crippen molar-refractivity contribution < 1.29 is 14.2 Å². The lowest BCUT2D eigenvalue weighted by atomic mass is 9.96. The van der Waals surface area contributed by atoms with Crippen LogP contribution in [0.15, 0.2) is 75.6 Å². The second-order valence-electron chi connectivity index (χ2n) is 9.01. The second-order valence-corrected chi connectivity index (χ2v) is 9.87. The van der Waals surface area contributed by atoms with E-state index < -0.39 is 0 Å². The number of hydrogen-bond donors (Lipinski definition) is 0. The highest BCUT2D eigenvalue weighted by Crippen LogP contribution is 2.37. The largest absolute Gasteiger partial charge is 0.496 e. The van der Waals surface area contributed by atoms with E-state index in [1.165, 1.54) is 4.68 Å². The smallest absolute Gasteiger partial charge is 0.282 e. The third-order valence-corrected chi connectivity index (χ3v) is 6.70. The topological polar surface area (TPSA) is 74.9 Å². The molecule has 0 aliphatic heterocycles. The van der Waals surface area contributed by atoms with Crippen molar-refractivity contribution in [3.8, 4) is 28.6 Å². The van der Waals surface area contributed by atoms with Crippen molar-refractivity contribution in [2.24, 2.45) is 5.10 Å². The molecule has 0 bridgehead atoms. The number of benzene rings is 3. The number of aromatic nitrogens is 2. The van der Waals surface area contributed by atoms with Crippen LogP contribution in [-0.2, 0) is 0 Å². The van der Waals surface area contributed by atoms with Crippen LogP contribution in [0.5, 0.6) is 17.2 Å². The highest BCUT2D eigenvalue weighted by molar-refractivity contribution is 9.10. The Labute approximate surface area is 230 Å². The van der Waals surface area contributed by atoms with Crippen LogP contribution < -0.4 is 19.8 Å². The van der Waals surface area contributed by atoms with E-state index in [0.29, 0.717) is 44.9 Å². The lowest BCUT2D eigenvalue weighted by molar-refractivity contribution is 0.324. The number of aryl methyl sites for hydroxylation is 1. The first kappa shape index (κ1) is 27.1. The summed E-state index contributed by atoms with van der Waals surface area (Å²) in [6.07, 6.45) is 3.27. The monoisotopic (exact) mass is 575 g/mol. The molecule has 4 rings (SSSR count). The molecule has 8 heteroatoms. The summed E-state index contributed by atoms with van der Waals surface area (Å²) in [5.74, 6) is 2.54. The van der Waals surface area contributed by atoms with Crippen molar-refractivity contribution in [2.45, 2.75) is 26.7 Å². The van der Waals surface area contributed by atoms with Crippen LogP contribution in [0.1, 0.15) is 36.5 Å². The number of para-hydroxylation sites is 1. The molecule has 196 valence electrons. The molecule has 38 heavy (non-hydrogen) atoms. The molecule has 0 N–H and O–H groups in total. The molecule has 0 unspecified atom stereocenters. The van der Waals surface area contributed by atoms with Crippen LogP contribution >= 0.6 is 15.9 Å². The van der Waals surface area contributed by atoms with E-state index in [1.54, 1.807) is 38.6 Å². The summed E-state index contributed by atoms with van der Waals surface area (Å²) >= 11 is 3.54. The maximum Gasteiger partial charge on any atom is 0.282 e. The average molecular weight is 576 g/mol. The minimum atomic E-state index is -0.264. The van der Waals surface area contributed by atoms with Crippen molar-refractivity contribution >= 4 is 33.0 Å². The van der Waals surface area contributed by atoms with Crippen molar-refractivity contribution in [2.75, 3.05) is 20.8 Å². The molecule has 0 amide bonds. The van der Waals surface area contributed by atoms with Gasteiger partial charge in [0.1, 0.15) is 12.4 Å². The fourth-order valence-electron chi connectivity index (χ4n) is 4.19. The molecular weight excluding hydrogens is 546 g/mol. The molecule has 0 saturated heterocycles. The summed E-state index contributed by atoms with van der Waals surface area (Å²) in [4.78, 5) is 18.6. The Bertz CT molecular complexity index is 1590. The van der Waals surface area contributed by atoms with Crippen LogP contribution in [0.2, 0.25) is 0 Å². The molecule has 1 heterocycles. The maximum atomic E-state index is 13.7. The lowest BCUT2D eigenvalue weighted by Crippen LogP contribution is -2.20. The van der Waals surface area contributed by atoms with Gasteiger partial charge in [-0.2, -0.15) is 9.78 Å². The summed E-state index contributed by atoms with van der Waals surface area (Å²) in [5.41, 5.74) is 3.80. The summed E-state index contributed by atoms with van der Waals surface area (Å²) in [6.45, 7) is 10.2. The van der Waals surface area contributed by atoms with Gasteiger partial charge in [-0.3, -0.25) is 4.79 Å². The molecule has 1 aromatic heterocycles. The Kier molecular flexibility index (Phi) is 8.32. The predicted octanol–water partition coefficient (Wildman–Crippen LogP) is 6.72. The van der Waals surface area contributed by atoms with Gasteiger partial charge in [0.15, 0.2) is 17.3 Å². The van der Waals surface area contributed by atoms with Gasteiger partial charge in [-0.05, 0) is 81.9 Å². The summed E-state index contributed by atoms with van der Waals surface area (Å²) in [7, 11) is 3.23. The first-order valence-corrected chi connectivity index (χ1v) is 12.9. The number of fused-ring (bicyclic) bond motifs is 1. The molecule has 0 spiro atoms. The fraction of sp³-hybridized carbons (Fsp3) is 0.233. The molecule has 4 aromatic rings. The molecule has 0 aliphatic rings. The van der Waals surface area contributed by atoms with E-state index in [-0.39, 0.29) is 11.5 Å². The van der Waals surface area contributed by atoms with E-state index in [9.17, 15) is 4.79 Å². The first-order chi connectivity index (χ1) is 18.3. The van der Waals surface area contributed by atoms with Gasteiger partial charge < -0.3 is 14.2 Å². The third-order valence-electron chi connectivity index (χ3n) is 6.11. The van der Waals surface area contributed by atoms with Crippen molar-refractivity contribution in [1.29, 1.82) is 0 Å². The Balaban J connectivity index is 1.92. The quantitative estimate of drug-likeness (QED) is 0.163. The number of ether oxygens (including phenoxy) is 3. The SMILES string of the molecule is C=CCOc1c(Br)cc(C=Nn2c(-c3cc(C(C)C)c(OC)cc3C)nc3ccccc3c2=O)cc1OC. The average Bonchev–Trinajstić information content (AvgIpc) is 2.91. The van der Waals surface area contributed by atoms with Gasteiger partial charge in [-0.1, -0.05) is 38.6 Å². The van der Waals surface area contributed by atoms with Crippen LogP contribution in [0.4, 0.5) is 0 Å². The molecule has 7 nitrogen and oxygen atoms in total.